The molecule has 0 bridgehead atoms. The molecule has 0 atom stereocenters. The molecule has 0 aliphatic rings. The summed E-state index contributed by atoms with van der Waals surface area (Å²) in [5.41, 5.74) is 2.73. The van der Waals surface area contributed by atoms with Crippen LogP contribution < -0.4 is 9.44 Å². The highest BCUT2D eigenvalue weighted by atomic mass is 32.2. The van der Waals surface area contributed by atoms with Crippen molar-refractivity contribution in [3.05, 3.63) is 56.2 Å². The van der Waals surface area contributed by atoms with Crippen LogP contribution in [0.5, 0.6) is 0 Å². The van der Waals surface area contributed by atoms with Crippen molar-refractivity contribution in [3.63, 3.8) is 0 Å². The number of sulfonamides is 2. The molecule has 14 heteroatoms. The van der Waals surface area contributed by atoms with Crippen molar-refractivity contribution in [1.82, 2.24) is 10.3 Å². The second kappa shape index (κ2) is 9.44. The summed E-state index contributed by atoms with van der Waals surface area (Å²) in [6.45, 7) is 7.00. The minimum atomic E-state index is -3.55. The van der Waals surface area contributed by atoms with Crippen molar-refractivity contribution in [2.75, 3.05) is 9.44 Å². The van der Waals surface area contributed by atoms with Crippen molar-refractivity contribution in [2.45, 2.75) is 37.5 Å². The van der Waals surface area contributed by atoms with Crippen LogP contribution in [0.1, 0.15) is 22.5 Å². The highest BCUT2D eigenvalue weighted by molar-refractivity contribution is 7.93. The Bertz CT molecular complexity index is 1280. The van der Waals surface area contributed by atoms with E-state index in [1.165, 1.54) is 34.8 Å². The van der Waals surface area contributed by atoms with E-state index in [0.29, 0.717) is 22.5 Å². The van der Waals surface area contributed by atoms with E-state index in [1.54, 1.807) is 49.2 Å². The number of hydrogen-bond donors (Lipinski definition) is 2. The maximum absolute atomic E-state index is 11.8. The Labute approximate surface area is 193 Å². The summed E-state index contributed by atoms with van der Waals surface area (Å²) >= 11 is 2.64. The third-order valence-electron chi connectivity index (χ3n) is 4.38. The van der Waals surface area contributed by atoms with Gasteiger partial charge in [-0.15, -0.1) is 0 Å². The summed E-state index contributed by atoms with van der Waals surface area (Å²) in [7, 11) is -7.10. The largest absolute Gasteiger partial charge is 0.337 e. The number of nitrogens with one attached hydrogen (secondary N) is 2. The van der Waals surface area contributed by atoms with Crippen LogP contribution in [0.25, 0.3) is 0 Å². The fourth-order valence-corrected chi connectivity index (χ4v) is 6.34. The summed E-state index contributed by atoms with van der Waals surface area (Å²) in [5, 5.41) is 13.9. The number of nitrogens with zero attached hydrogens (tertiary/aromatic N) is 2. The molecule has 0 aromatic carbocycles. The van der Waals surface area contributed by atoms with Crippen LogP contribution in [-0.2, 0) is 20.0 Å². The van der Waals surface area contributed by atoms with Gasteiger partial charge < -0.3 is 9.05 Å². The highest BCUT2D eigenvalue weighted by Crippen LogP contribution is 2.23. The zero-order valence-corrected chi connectivity index (χ0v) is 20.7. The predicted octanol–water partition coefficient (Wildman–Crippen LogP) is 4.31. The third-order valence-corrected chi connectivity index (χ3v) is 8.70. The molecule has 4 aromatic heterocycles. The number of hydrogen-bond acceptors (Lipinski definition) is 10. The second-order valence-corrected chi connectivity index (χ2v) is 11.5. The summed E-state index contributed by atoms with van der Waals surface area (Å²) in [6, 6.07) is 3.07. The lowest BCUT2D eigenvalue weighted by Gasteiger charge is -2.02. The van der Waals surface area contributed by atoms with Crippen molar-refractivity contribution < 1.29 is 25.9 Å². The van der Waals surface area contributed by atoms with Crippen LogP contribution in [0.2, 0.25) is 0 Å². The topological polar surface area (TPSA) is 144 Å². The van der Waals surface area contributed by atoms with Crippen LogP contribution >= 0.6 is 22.7 Å². The molecular formula is C18H20N4O6S4. The standard InChI is InChI=1S/2C9H10N2O3S2/c2*1-6-7(2)10-14-9(6)11-16(12,13)8-3-4-15-5-8/h2*3-5,11H,1-2H3. The molecule has 0 aliphatic carbocycles. The van der Waals surface area contributed by atoms with Gasteiger partial charge in [-0.1, -0.05) is 10.3 Å². The molecule has 0 amide bonds. The number of thiophene rings is 2. The second-order valence-electron chi connectivity index (χ2n) is 6.57. The quantitative estimate of drug-likeness (QED) is 0.386. The predicted molar refractivity (Wildman–Crippen MR) is 122 cm³/mol. The summed E-state index contributed by atoms with van der Waals surface area (Å²) < 4.78 is 61.8. The first-order valence-electron chi connectivity index (χ1n) is 8.97. The maximum Gasteiger partial charge on any atom is 0.265 e. The van der Waals surface area contributed by atoms with Crippen molar-refractivity contribution in [1.29, 1.82) is 0 Å². The Morgan fingerprint density at radius 3 is 1.34 bits per heavy atom. The van der Waals surface area contributed by atoms with Gasteiger partial charge in [0.2, 0.25) is 11.8 Å². The molecule has 0 fully saturated rings. The van der Waals surface area contributed by atoms with Crippen LogP contribution in [0.4, 0.5) is 11.8 Å². The van der Waals surface area contributed by atoms with E-state index in [2.05, 4.69) is 19.8 Å². The Hall–Kier alpha value is -2.68. The third kappa shape index (κ3) is 5.38. The molecule has 0 radical (unpaired) electrons. The van der Waals surface area contributed by atoms with Gasteiger partial charge >= 0.3 is 0 Å². The van der Waals surface area contributed by atoms with Gasteiger partial charge in [0.25, 0.3) is 20.0 Å². The Kier molecular flexibility index (Phi) is 7.07. The van der Waals surface area contributed by atoms with Gasteiger partial charge in [0.05, 0.1) is 21.2 Å². The van der Waals surface area contributed by atoms with Crippen LogP contribution in [-0.4, -0.2) is 27.1 Å². The minimum Gasteiger partial charge on any atom is -0.337 e. The molecule has 172 valence electrons. The van der Waals surface area contributed by atoms with Gasteiger partial charge in [-0.3, -0.25) is 0 Å². The van der Waals surface area contributed by atoms with Gasteiger partial charge in [-0.05, 0) is 50.6 Å². The first-order chi connectivity index (χ1) is 15.0. The monoisotopic (exact) mass is 516 g/mol. The van der Waals surface area contributed by atoms with E-state index in [4.69, 9.17) is 9.05 Å². The van der Waals surface area contributed by atoms with Crippen LogP contribution in [0, 0.1) is 27.7 Å². The van der Waals surface area contributed by atoms with E-state index < -0.39 is 20.0 Å². The molecule has 0 aliphatic heterocycles. The zero-order valence-electron chi connectivity index (χ0n) is 17.4. The Morgan fingerprint density at radius 2 is 1.09 bits per heavy atom. The molecule has 4 heterocycles. The van der Waals surface area contributed by atoms with Crippen molar-refractivity contribution >= 4 is 54.5 Å². The van der Waals surface area contributed by atoms with Gasteiger partial charge in [-0.2, -0.15) is 22.7 Å². The van der Waals surface area contributed by atoms with Gasteiger partial charge in [0.15, 0.2) is 0 Å². The number of aromatic nitrogens is 2. The van der Waals surface area contributed by atoms with Crippen LogP contribution in [0.15, 0.2) is 52.5 Å². The van der Waals surface area contributed by atoms with Crippen LogP contribution in [0.3, 0.4) is 0 Å². The van der Waals surface area contributed by atoms with Gasteiger partial charge in [0.1, 0.15) is 0 Å². The number of anilines is 2. The highest BCUT2D eigenvalue weighted by Gasteiger charge is 2.20. The molecule has 2 N–H and O–H groups in total. The normalized spacial score (nSPS) is 11.6. The molecule has 10 nitrogen and oxygen atoms in total. The van der Waals surface area contributed by atoms with E-state index in [1.807, 2.05) is 0 Å². The average molecular weight is 517 g/mol. The summed E-state index contributed by atoms with van der Waals surface area (Å²) in [5.74, 6) is 0.340. The zero-order chi connectivity index (χ0) is 23.5. The lowest BCUT2D eigenvalue weighted by molar-refractivity contribution is 0.430. The number of rotatable bonds is 6. The molecule has 4 rings (SSSR count). The van der Waals surface area contributed by atoms with E-state index in [9.17, 15) is 16.8 Å². The van der Waals surface area contributed by atoms with E-state index in [-0.39, 0.29) is 21.6 Å². The molecule has 32 heavy (non-hydrogen) atoms. The SMILES string of the molecule is Cc1noc(NS(=O)(=O)c2ccsc2)c1C.Cc1noc(NS(=O)(=O)c2ccsc2)c1C. The number of aryl methyl sites for hydroxylation is 2. The average Bonchev–Trinajstić information content (AvgIpc) is 3.53. The fourth-order valence-electron chi connectivity index (χ4n) is 2.19. The molecule has 0 spiro atoms. The smallest absolute Gasteiger partial charge is 0.265 e. The van der Waals surface area contributed by atoms with Gasteiger partial charge in [0, 0.05) is 21.9 Å². The van der Waals surface area contributed by atoms with Gasteiger partial charge in [-0.25, -0.2) is 26.3 Å². The minimum absolute atomic E-state index is 0.170. The Morgan fingerprint density at radius 1 is 0.719 bits per heavy atom. The summed E-state index contributed by atoms with van der Waals surface area (Å²) in [4.78, 5) is 0.455. The molecule has 0 saturated heterocycles. The first-order valence-corrected chi connectivity index (χ1v) is 13.8. The van der Waals surface area contributed by atoms with E-state index in [0.717, 1.165) is 0 Å². The molecule has 0 unspecified atom stereocenters. The maximum atomic E-state index is 11.8. The summed E-state index contributed by atoms with van der Waals surface area (Å²) in [6.07, 6.45) is 0. The lowest BCUT2D eigenvalue weighted by Crippen LogP contribution is -2.12. The fraction of sp³-hybridized carbons (Fsp3) is 0.222. The first kappa shape index (κ1) is 24.0. The molecule has 0 saturated carbocycles. The van der Waals surface area contributed by atoms with Crippen molar-refractivity contribution in [2.24, 2.45) is 0 Å². The molecule has 4 aromatic rings. The Balaban J connectivity index is 0.000000181. The molecular weight excluding hydrogens is 496 g/mol. The van der Waals surface area contributed by atoms with Crippen molar-refractivity contribution in [3.8, 4) is 0 Å². The lowest BCUT2D eigenvalue weighted by atomic mass is 10.3. The van der Waals surface area contributed by atoms with E-state index >= 15 is 0 Å².